The summed E-state index contributed by atoms with van der Waals surface area (Å²) in [6.45, 7) is 0. The average Bonchev–Trinajstić information content (AvgIpc) is 2.97. The Kier molecular flexibility index (Phi) is 5.21. The molecule has 4 rings (SSSR count). The van der Waals surface area contributed by atoms with E-state index in [-0.39, 0.29) is 27.9 Å². The van der Waals surface area contributed by atoms with Crippen LogP contribution in [0, 0.1) is 0 Å². The van der Waals surface area contributed by atoms with Gasteiger partial charge in [-0.25, -0.2) is 0 Å². The fourth-order valence-corrected chi connectivity index (χ4v) is 4.13. The zero-order chi connectivity index (χ0) is 20.6. The van der Waals surface area contributed by atoms with Gasteiger partial charge in [0.2, 0.25) is 5.78 Å². The van der Waals surface area contributed by atoms with Crippen LogP contribution >= 0.6 is 27.5 Å². The van der Waals surface area contributed by atoms with E-state index in [1.807, 2.05) is 0 Å². The number of hydrogen-bond donors (Lipinski definition) is 0. The fourth-order valence-electron chi connectivity index (χ4n) is 2.74. The number of ketones is 1. The molecule has 0 bridgehead atoms. The van der Waals surface area contributed by atoms with Crippen LogP contribution in [0.4, 0.5) is 0 Å². The minimum Gasteiger partial charge on any atom is -0.452 e. The van der Waals surface area contributed by atoms with E-state index in [4.69, 9.17) is 20.5 Å². The molecule has 0 unspecified atom stereocenters. The summed E-state index contributed by atoms with van der Waals surface area (Å²) in [4.78, 5) is 12.6. The topological polar surface area (TPSA) is 69.7 Å². The predicted octanol–water partition coefficient (Wildman–Crippen LogP) is 5.49. The van der Waals surface area contributed by atoms with Crippen LogP contribution in [0.15, 0.2) is 81.9 Å². The first kappa shape index (κ1) is 19.7. The molecule has 0 fully saturated rings. The first-order valence-electron chi connectivity index (χ1n) is 8.36. The van der Waals surface area contributed by atoms with Gasteiger partial charge in [-0.15, -0.1) is 0 Å². The number of Topliss-reactive ketones (excluding diaryl/α,β-unsaturated/α-hetero) is 1. The minimum absolute atomic E-state index is 0.0136. The lowest BCUT2D eigenvalue weighted by Crippen LogP contribution is -2.09. The van der Waals surface area contributed by atoms with Gasteiger partial charge in [-0.3, -0.25) is 4.79 Å². The molecule has 0 radical (unpaired) electrons. The lowest BCUT2D eigenvalue weighted by molar-refractivity contribution is 0.101. The number of carbonyl (C=O) groups is 1. The molecule has 0 spiro atoms. The van der Waals surface area contributed by atoms with Gasteiger partial charge >= 0.3 is 10.1 Å². The summed E-state index contributed by atoms with van der Waals surface area (Å²) in [6.07, 6.45) is 1.58. The minimum atomic E-state index is -4.02. The molecular weight excluding hydrogens is 480 g/mol. The highest BCUT2D eigenvalue weighted by Gasteiger charge is 2.28. The van der Waals surface area contributed by atoms with Gasteiger partial charge in [-0.1, -0.05) is 39.7 Å². The Labute approximate surface area is 180 Å². The van der Waals surface area contributed by atoms with Gasteiger partial charge in [0.15, 0.2) is 5.76 Å². The van der Waals surface area contributed by atoms with Crippen LogP contribution < -0.4 is 8.92 Å². The molecule has 1 aliphatic heterocycles. The van der Waals surface area contributed by atoms with E-state index in [1.54, 1.807) is 42.5 Å². The van der Waals surface area contributed by atoms with Crippen molar-refractivity contribution in [3.63, 3.8) is 0 Å². The molecule has 0 aromatic heterocycles. The quantitative estimate of drug-likeness (QED) is 0.357. The Morgan fingerprint density at radius 2 is 1.76 bits per heavy atom. The van der Waals surface area contributed by atoms with E-state index in [2.05, 4.69) is 15.9 Å². The molecule has 0 aliphatic carbocycles. The first-order valence-corrected chi connectivity index (χ1v) is 10.9. The van der Waals surface area contributed by atoms with Crippen molar-refractivity contribution in [3.05, 3.63) is 93.1 Å². The van der Waals surface area contributed by atoms with Crippen molar-refractivity contribution < 1.29 is 22.1 Å². The number of allylic oxidation sites excluding steroid dienone is 1. The summed E-state index contributed by atoms with van der Waals surface area (Å²) in [7, 11) is -4.02. The summed E-state index contributed by atoms with van der Waals surface area (Å²) >= 11 is 9.22. The van der Waals surface area contributed by atoms with Crippen LogP contribution in [0.2, 0.25) is 5.02 Å². The fraction of sp³-hybridized carbons (Fsp3) is 0. The largest absolute Gasteiger partial charge is 0.452 e. The molecule has 1 aliphatic rings. The summed E-state index contributed by atoms with van der Waals surface area (Å²) < 4.78 is 36.5. The summed E-state index contributed by atoms with van der Waals surface area (Å²) in [5.41, 5.74) is 1.04. The molecule has 0 N–H and O–H groups in total. The van der Waals surface area contributed by atoms with Gasteiger partial charge < -0.3 is 8.92 Å². The third-order valence-electron chi connectivity index (χ3n) is 4.10. The van der Waals surface area contributed by atoms with Gasteiger partial charge in [-0.2, -0.15) is 8.42 Å². The van der Waals surface area contributed by atoms with Crippen LogP contribution in [-0.4, -0.2) is 14.2 Å². The Balaban J connectivity index is 1.60. The predicted molar refractivity (Wildman–Crippen MR) is 113 cm³/mol. The van der Waals surface area contributed by atoms with Crippen molar-refractivity contribution in [2.24, 2.45) is 0 Å². The number of carbonyl (C=O) groups excluding carboxylic acids is 1. The first-order chi connectivity index (χ1) is 13.8. The molecular formula is C21H12BrClO5S. The highest BCUT2D eigenvalue weighted by atomic mass is 79.9. The van der Waals surface area contributed by atoms with E-state index in [9.17, 15) is 13.2 Å². The maximum atomic E-state index is 12.5. The third kappa shape index (κ3) is 4.22. The molecule has 0 saturated carbocycles. The van der Waals surface area contributed by atoms with Crippen LogP contribution in [0.5, 0.6) is 11.5 Å². The maximum absolute atomic E-state index is 12.5. The number of fused-ring (bicyclic) bond motifs is 1. The Bertz CT molecular complexity index is 1250. The lowest BCUT2D eigenvalue weighted by Gasteiger charge is -2.08. The lowest BCUT2D eigenvalue weighted by atomic mass is 10.1. The molecule has 1 heterocycles. The molecule has 8 heteroatoms. The van der Waals surface area contributed by atoms with Crippen molar-refractivity contribution >= 4 is 49.5 Å². The van der Waals surface area contributed by atoms with Gasteiger partial charge in [0.1, 0.15) is 16.4 Å². The monoisotopic (exact) mass is 490 g/mol. The van der Waals surface area contributed by atoms with Crippen molar-refractivity contribution in [1.29, 1.82) is 0 Å². The number of halogens is 2. The molecule has 0 atom stereocenters. The van der Waals surface area contributed by atoms with Crippen molar-refractivity contribution in [3.8, 4) is 11.5 Å². The van der Waals surface area contributed by atoms with E-state index >= 15 is 0 Å². The van der Waals surface area contributed by atoms with Crippen LogP contribution in [0.25, 0.3) is 6.08 Å². The van der Waals surface area contributed by atoms with Gasteiger partial charge in [0.25, 0.3) is 0 Å². The molecule has 5 nitrogen and oxygen atoms in total. The van der Waals surface area contributed by atoms with Crippen LogP contribution in [-0.2, 0) is 10.1 Å². The van der Waals surface area contributed by atoms with E-state index in [0.717, 1.165) is 4.47 Å². The van der Waals surface area contributed by atoms with Crippen molar-refractivity contribution in [2.75, 3.05) is 0 Å². The molecule has 146 valence electrons. The Morgan fingerprint density at radius 1 is 1.00 bits per heavy atom. The molecule has 0 amide bonds. The molecule has 3 aromatic rings. The molecule has 3 aromatic carbocycles. The number of benzene rings is 3. The number of ether oxygens (including phenoxy) is 1. The van der Waals surface area contributed by atoms with Gasteiger partial charge in [0, 0.05) is 15.6 Å². The van der Waals surface area contributed by atoms with Crippen molar-refractivity contribution in [1.82, 2.24) is 0 Å². The normalized spacial score (nSPS) is 14.6. The number of hydrogen-bond acceptors (Lipinski definition) is 5. The zero-order valence-corrected chi connectivity index (χ0v) is 17.8. The Hall–Kier alpha value is -2.61. The Morgan fingerprint density at radius 3 is 2.48 bits per heavy atom. The standard InChI is InChI=1S/C21H12BrClO5S/c22-14-4-7-17(8-5-14)29(25,26)28-16-6-9-18-19(12-16)27-20(21(18)24)11-13-2-1-3-15(23)10-13/h1-12H. The van der Waals surface area contributed by atoms with Gasteiger partial charge in [-0.05, 0) is 60.2 Å². The van der Waals surface area contributed by atoms with E-state index in [1.165, 1.54) is 30.3 Å². The SMILES string of the molecule is O=C1C(=Cc2cccc(Cl)c2)Oc2cc(OS(=O)(=O)c3ccc(Br)cc3)ccc21. The molecule has 29 heavy (non-hydrogen) atoms. The van der Waals surface area contributed by atoms with E-state index in [0.29, 0.717) is 16.1 Å². The highest BCUT2D eigenvalue weighted by molar-refractivity contribution is 9.10. The third-order valence-corrected chi connectivity index (χ3v) is 6.12. The second-order valence-electron chi connectivity index (χ2n) is 6.14. The summed E-state index contributed by atoms with van der Waals surface area (Å²) in [6, 6.07) is 17.3. The second kappa shape index (κ2) is 7.67. The highest BCUT2D eigenvalue weighted by Crippen LogP contribution is 2.35. The van der Waals surface area contributed by atoms with Crippen LogP contribution in [0.1, 0.15) is 15.9 Å². The zero-order valence-electron chi connectivity index (χ0n) is 14.6. The number of rotatable bonds is 4. The van der Waals surface area contributed by atoms with E-state index < -0.39 is 10.1 Å². The smallest absolute Gasteiger partial charge is 0.339 e. The summed E-state index contributed by atoms with van der Waals surface area (Å²) in [5, 5.41) is 0.538. The van der Waals surface area contributed by atoms with Crippen LogP contribution in [0.3, 0.4) is 0 Å². The second-order valence-corrected chi connectivity index (χ2v) is 9.04. The maximum Gasteiger partial charge on any atom is 0.339 e. The van der Waals surface area contributed by atoms with Crippen molar-refractivity contribution in [2.45, 2.75) is 4.90 Å². The van der Waals surface area contributed by atoms with Gasteiger partial charge in [0.05, 0.1) is 5.56 Å². The average molecular weight is 492 g/mol. The molecule has 0 saturated heterocycles. The summed E-state index contributed by atoms with van der Waals surface area (Å²) in [5.74, 6) is 0.0905.